The zero-order valence-corrected chi connectivity index (χ0v) is 15.4. The number of aliphatic hydroxyl groups is 1. The maximum atomic E-state index is 11.9. The molecule has 0 aliphatic rings. The summed E-state index contributed by atoms with van der Waals surface area (Å²) in [4.78, 5) is 16.0. The summed E-state index contributed by atoms with van der Waals surface area (Å²) in [6.07, 6.45) is 4.56. The average Bonchev–Trinajstić information content (AvgIpc) is 3.15. The van der Waals surface area contributed by atoms with Crippen molar-refractivity contribution in [1.82, 2.24) is 14.9 Å². The Morgan fingerprint density at radius 2 is 1.81 bits per heavy atom. The van der Waals surface area contributed by atoms with Crippen LogP contribution in [0.25, 0.3) is 5.69 Å². The molecule has 5 heteroatoms. The first-order valence-corrected chi connectivity index (χ1v) is 8.52. The van der Waals surface area contributed by atoms with Gasteiger partial charge >= 0.3 is 0 Å². The van der Waals surface area contributed by atoms with Gasteiger partial charge in [-0.3, -0.25) is 4.79 Å². The Balaban J connectivity index is 2.06. The highest BCUT2D eigenvalue weighted by Crippen LogP contribution is 2.31. The molecular formula is C21H23N3O2. The van der Waals surface area contributed by atoms with Crippen LogP contribution in [0.4, 0.5) is 0 Å². The molecule has 1 amide bonds. The molecule has 1 unspecified atom stereocenters. The first-order valence-electron chi connectivity index (χ1n) is 8.52. The van der Waals surface area contributed by atoms with Gasteiger partial charge in [0.2, 0.25) is 0 Å². The third-order valence-corrected chi connectivity index (χ3v) is 4.72. The minimum absolute atomic E-state index is 0.129. The second kappa shape index (κ2) is 7.14. The highest BCUT2D eigenvalue weighted by atomic mass is 16.3. The van der Waals surface area contributed by atoms with Gasteiger partial charge < -0.3 is 15.0 Å². The molecule has 0 spiro atoms. The molecule has 26 heavy (non-hydrogen) atoms. The summed E-state index contributed by atoms with van der Waals surface area (Å²) in [5.41, 5.74) is 6.02. The quantitative estimate of drug-likeness (QED) is 0.760. The summed E-state index contributed by atoms with van der Waals surface area (Å²) in [6, 6.07) is 9.62. The summed E-state index contributed by atoms with van der Waals surface area (Å²) < 4.78 is 1.91. The molecule has 1 atom stereocenters. The predicted octanol–water partition coefficient (Wildman–Crippen LogP) is 3.24. The van der Waals surface area contributed by atoms with Crippen molar-refractivity contribution >= 4 is 5.91 Å². The third-order valence-electron chi connectivity index (χ3n) is 4.72. The van der Waals surface area contributed by atoms with Gasteiger partial charge in [0.15, 0.2) is 0 Å². The maximum Gasteiger partial charge on any atom is 0.251 e. The van der Waals surface area contributed by atoms with Crippen LogP contribution in [0.15, 0.2) is 49.1 Å². The zero-order chi connectivity index (χ0) is 18.8. The van der Waals surface area contributed by atoms with Crippen LogP contribution in [0.5, 0.6) is 0 Å². The molecule has 3 aromatic rings. The normalized spacial score (nSPS) is 12.0. The van der Waals surface area contributed by atoms with Crippen LogP contribution < -0.4 is 5.32 Å². The van der Waals surface area contributed by atoms with Crippen LogP contribution >= 0.6 is 0 Å². The number of hydrogen-bond donors (Lipinski definition) is 2. The van der Waals surface area contributed by atoms with Crippen molar-refractivity contribution in [3.63, 3.8) is 0 Å². The van der Waals surface area contributed by atoms with Gasteiger partial charge in [-0.05, 0) is 72.9 Å². The number of aromatic nitrogens is 2. The van der Waals surface area contributed by atoms with E-state index < -0.39 is 6.10 Å². The average molecular weight is 349 g/mol. The minimum Gasteiger partial charge on any atom is -0.384 e. The largest absolute Gasteiger partial charge is 0.384 e. The molecular weight excluding hydrogens is 326 g/mol. The number of aryl methyl sites for hydroxylation is 3. The highest BCUT2D eigenvalue weighted by molar-refractivity contribution is 5.94. The lowest BCUT2D eigenvalue weighted by atomic mass is 9.89. The maximum absolute atomic E-state index is 11.9. The molecule has 0 aliphatic carbocycles. The van der Waals surface area contributed by atoms with Crippen molar-refractivity contribution in [3.05, 3.63) is 82.4 Å². The molecule has 3 rings (SSSR count). The van der Waals surface area contributed by atoms with Gasteiger partial charge in [-0.2, -0.15) is 0 Å². The summed E-state index contributed by atoms with van der Waals surface area (Å²) in [5, 5.41) is 13.8. The minimum atomic E-state index is -0.766. The van der Waals surface area contributed by atoms with Crippen LogP contribution in [0.1, 0.15) is 44.3 Å². The van der Waals surface area contributed by atoms with Crippen LogP contribution in [-0.4, -0.2) is 27.6 Å². The molecule has 5 nitrogen and oxygen atoms in total. The Labute approximate surface area is 153 Å². The first kappa shape index (κ1) is 17.9. The van der Waals surface area contributed by atoms with Gasteiger partial charge in [-0.1, -0.05) is 6.07 Å². The highest BCUT2D eigenvalue weighted by Gasteiger charge is 2.20. The van der Waals surface area contributed by atoms with Gasteiger partial charge in [-0.25, -0.2) is 4.98 Å². The summed E-state index contributed by atoms with van der Waals surface area (Å²) in [6.45, 7) is 5.83. The number of imidazole rings is 1. The lowest BCUT2D eigenvalue weighted by Gasteiger charge is -2.20. The first-order chi connectivity index (χ1) is 12.4. The number of carbonyl (C=O) groups is 1. The zero-order valence-electron chi connectivity index (χ0n) is 15.4. The van der Waals surface area contributed by atoms with Gasteiger partial charge in [0.1, 0.15) is 6.10 Å². The Kier molecular flexibility index (Phi) is 4.91. The number of nitrogens with one attached hydrogen (secondary N) is 1. The number of hydrogen-bond acceptors (Lipinski definition) is 3. The number of nitrogens with zero attached hydrogens (tertiary/aromatic N) is 2. The van der Waals surface area contributed by atoms with Crippen molar-refractivity contribution in [2.75, 3.05) is 7.05 Å². The Hall–Kier alpha value is -2.92. The lowest BCUT2D eigenvalue weighted by Crippen LogP contribution is -2.19. The molecule has 0 fully saturated rings. The van der Waals surface area contributed by atoms with Gasteiger partial charge in [-0.15, -0.1) is 0 Å². The Morgan fingerprint density at radius 3 is 2.38 bits per heavy atom. The second-order valence-corrected chi connectivity index (χ2v) is 6.52. The predicted molar refractivity (Wildman–Crippen MR) is 102 cm³/mol. The van der Waals surface area contributed by atoms with E-state index in [0.717, 1.165) is 33.5 Å². The van der Waals surface area contributed by atoms with E-state index in [4.69, 9.17) is 0 Å². The number of rotatable bonds is 4. The van der Waals surface area contributed by atoms with E-state index in [9.17, 15) is 9.90 Å². The van der Waals surface area contributed by atoms with Crippen LogP contribution in [0.3, 0.4) is 0 Å². The third kappa shape index (κ3) is 3.26. The Morgan fingerprint density at radius 1 is 1.12 bits per heavy atom. The molecule has 2 aromatic carbocycles. The van der Waals surface area contributed by atoms with E-state index in [0.29, 0.717) is 5.56 Å². The lowest BCUT2D eigenvalue weighted by molar-refractivity contribution is 0.0962. The molecule has 1 aromatic heterocycles. The van der Waals surface area contributed by atoms with E-state index >= 15 is 0 Å². The van der Waals surface area contributed by atoms with Crippen molar-refractivity contribution in [3.8, 4) is 5.69 Å². The number of benzene rings is 2. The number of aliphatic hydroxyl groups excluding tert-OH is 1. The molecule has 0 radical (unpaired) electrons. The fourth-order valence-electron chi connectivity index (χ4n) is 3.33. The number of amides is 1. The van der Waals surface area contributed by atoms with Gasteiger partial charge in [0.05, 0.1) is 6.33 Å². The van der Waals surface area contributed by atoms with E-state index in [1.807, 2.05) is 61.9 Å². The SMILES string of the molecule is CNC(=O)c1cc(C)c(C(O)c2cc(-n3ccnc3)ccc2C)c(C)c1. The summed E-state index contributed by atoms with van der Waals surface area (Å²) in [7, 11) is 1.61. The van der Waals surface area contributed by atoms with E-state index in [1.165, 1.54) is 0 Å². The standard InChI is InChI=1S/C21H23N3O2/c1-13-5-6-17(24-8-7-23-12-24)11-18(13)20(25)19-14(2)9-16(10-15(19)3)21(26)22-4/h5-12,20,25H,1-4H3,(H,22,26). The van der Waals surface area contributed by atoms with Crippen LogP contribution in [-0.2, 0) is 0 Å². The molecule has 0 saturated carbocycles. The van der Waals surface area contributed by atoms with Crippen LogP contribution in [0, 0.1) is 20.8 Å². The molecule has 134 valence electrons. The molecule has 0 bridgehead atoms. The van der Waals surface area contributed by atoms with Crippen LogP contribution in [0.2, 0.25) is 0 Å². The fourth-order valence-corrected chi connectivity index (χ4v) is 3.33. The molecule has 1 heterocycles. The fraction of sp³-hybridized carbons (Fsp3) is 0.238. The van der Waals surface area contributed by atoms with Gasteiger partial charge in [0, 0.05) is 30.7 Å². The monoisotopic (exact) mass is 349 g/mol. The molecule has 2 N–H and O–H groups in total. The van der Waals surface area contributed by atoms with Crippen molar-refractivity contribution in [2.24, 2.45) is 0 Å². The smallest absolute Gasteiger partial charge is 0.251 e. The van der Waals surface area contributed by atoms with E-state index in [1.54, 1.807) is 19.6 Å². The number of carbonyl (C=O) groups excluding carboxylic acids is 1. The van der Waals surface area contributed by atoms with E-state index in [-0.39, 0.29) is 5.91 Å². The van der Waals surface area contributed by atoms with Gasteiger partial charge in [0.25, 0.3) is 5.91 Å². The van der Waals surface area contributed by atoms with Crippen molar-refractivity contribution in [1.29, 1.82) is 0 Å². The Bertz CT molecular complexity index is 923. The molecule has 0 saturated heterocycles. The van der Waals surface area contributed by atoms with E-state index in [2.05, 4.69) is 10.3 Å². The van der Waals surface area contributed by atoms with Crippen molar-refractivity contribution in [2.45, 2.75) is 26.9 Å². The summed E-state index contributed by atoms with van der Waals surface area (Å²) >= 11 is 0. The van der Waals surface area contributed by atoms with Crippen molar-refractivity contribution < 1.29 is 9.90 Å². The summed E-state index contributed by atoms with van der Waals surface area (Å²) in [5.74, 6) is -0.129. The second-order valence-electron chi connectivity index (χ2n) is 6.52. The topological polar surface area (TPSA) is 67.2 Å². The molecule has 0 aliphatic heterocycles.